The lowest BCUT2D eigenvalue weighted by Gasteiger charge is -2.48. The number of rotatable bonds is 6. The lowest BCUT2D eigenvalue weighted by atomic mass is 9.43. The van der Waals surface area contributed by atoms with E-state index in [2.05, 4.69) is 308 Å². The highest BCUT2D eigenvalue weighted by Crippen LogP contribution is 2.60. The molecule has 14 rings (SSSR count). The Hall–Kier alpha value is -7.56. The summed E-state index contributed by atoms with van der Waals surface area (Å²) in [6.45, 7) is 40.8. The van der Waals surface area contributed by atoms with E-state index < -0.39 is 0 Å². The van der Waals surface area contributed by atoms with E-state index in [0.29, 0.717) is 0 Å². The van der Waals surface area contributed by atoms with Crippen LogP contribution in [0.4, 0.5) is 45.5 Å². The zero-order valence-electron chi connectivity index (χ0n) is 54.5. The minimum Gasteiger partial charge on any atom is -0.376 e. The smallest absolute Gasteiger partial charge is 0.333 e. The van der Waals surface area contributed by atoms with Crippen LogP contribution in [0, 0.1) is 6.92 Å². The van der Waals surface area contributed by atoms with Crippen LogP contribution in [-0.2, 0) is 37.9 Å². The maximum atomic E-state index is 2.85. The van der Waals surface area contributed by atoms with Crippen molar-refractivity contribution in [3.8, 4) is 33.4 Å². The lowest BCUT2D eigenvalue weighted by molar-refractivity contribution is 0.332. The van der Waals surface area contributed by atoms with Gasteiger partial charge >= 0.3 is 6.85 Å². The van der Waals surface area contributed by atoms with Gasteiger partial charge in [-0.15, -0.1) is 0 Å². The summed E-state index contributed by atoms with van der Waals surface area (Å²) in [7, 11) is 0. The van der Waals surface area contributed by atoms with Gasteiger partial charge in [0, 0.05) is 62.0 Å². The van der Waals surface area contributed by atoms with Crippen LogP contribution < -0.4 is 25.5 Å². The van der Waals surface area contributed by atoms with Crippen LogP contribution in [0.25, 0.3) is 33.4 Å². The Morgan fingerprint density at radius 1 is 0.407 bits per heavy atom. The monoisotopic (exact) mass is 1130 g/mol. The van der Waals surface area contributed by atoms with Crippen molar-refractivity contribution in [2.75, 3.05) is 14.6 Å². The summed E-state index contributed by atoms with van der Waals surface area (Å²) in [5.74, 6) is 0. The highest BCUT2D eigenvalue weighted by atomic mass is 15.2. The average molecular weight is 1130 g/mol. The van der Waals surface area contributed by atoms with Gasteiger partial charge in [0.15, 0.2) is 0 Å². The molecule has 5 aliphatic rings. The van der Waals surface area contributed by atoms with Crippen molar-refractivity contribution in [1.29, 1.82) is 0 Å². The second-order valence-electron chi connectivity index (χ2n) is 31.6. The molecule has 3 nitrogen and oxygen atoms in total. The molecule has 86 heavy (non-hydrogen) atoms. The molecule has 0 saturated heterocycles. The van der Waals surface area contributed by atoms with Gasteiger partial charge < -0.3 is 14.6 Å². The summed E-state index contributed by atoms with van der Waals surface area (Å²) in [6, 6.07) is 69.8. The van der Waals surface area contributed by atoms with E-state index >= 15 is 0 Å². The number of hydrogen-bond donors (Lipinski definition) is 0. The minimum atomic E-state index is -0.217. The van der Waals surface area contributed by atoms with E-state index in [0.717, 1.165) is 29.9 Å². The number of nitrogens with zero attached hydrogens (tertiary/aromatic N) is 3. The van der Waals surface area contributed by atoms with Gasteiger partial charge in [-0.25, -0.2) is 0 Å². The van der Waals surface area contributed by atoms with E-state index in [1.165, 1.54) is 136 Å². The first kappa shape index (κ1) is 56.3. The number of benzene rings is 9. The summed E-state index contributed by atoms with van der Waals surface area (Å²) >= 11 is 0. The Bertz CT molecular complexity index is 4180. The molecule has 0 N–H and O–H groups in total. The third kappa shape index (κ3) is 8.64. The molecule has 0 unspecified atom stereocenters. The number of fused-ring (bicyclic) bond motifs is 10. The van der Waals surface area contributed by atoms with Crippen LogP contribution in [0.15, 0.2) is 176 Å². The topological polar surface area (TPSA) is 9.72 Å². The summed E-state index contributed by atoms with van der Waals surface area (Å²) in [4.78, 5) is 8.11. The van der Waals surface area contributed by atoms with Gasteiger partial charge in [0.1, 0.15) is 0 Å². The van der Waals surface area contributed by atoms with E-state index in [1.54, 1.807) is 0 Å². The van der Waals surface area contributed by atoms with Crippen molar-refractivity contribution in [2.45, 2.75) is 181 Å². The molecule has 434 valence electrons. The van der Waals surface area contributed by atoms with Gasteiger partial charge in [0.2, 0.25) is 0 Å². The Balaban J connectivity index is 1.15. The van der Waals surface area contributed by atoms with Crippen molar-refractivity contribution < 1.29 is 0 Å². The fourth-order valence-electron chi connectivity index (χ4n) is 16.0. The van der Waals surface area contributed by atoms with E-state index in [9.17, 15) is 0 Å². The van der Waals surface area contributed by atoms with Crippen LogP contribution in [-0.4, -0.2) is 6.85 Å². The number of aryl methyl sites for hydroxylation is 1. The maximum Gasteiger partial charge on any atom is 0.333 e. The molecular formula is C82H88BN3. The van der Waals surface area contributed by atoms with Gasteiger partial charge in [-0.1, -0.05) is 226 Å². The third-order valence-electron chi connectivity index (χ3n) is 21.6. The largest absolute Gasteiger partial charge is 0.376 e. The molecule has 2 heterocycles. The first-order chi connectivity index (χ1) is 40.5. The molecule has 0 amide bonds. The second kappa shape index (κ2) is 19.0. The lowest BCUT2D eigenvalue weighted by Crippen LogP contribution is -2.62. The van der Waals surface area contributed by atoms with Crippen LogP contribution in [0.3, 0.4) is 0 Å². The fourth-order valence-corrected chi connectivity index (χ4v) is 16.0. The molecule has 0 spiro atoms. The van der Waals surface area contributed by atoms with Crippen molar-refractivity contribution in [3.63, 3.8) is 0 Å². The van der Waals surface area contributed by atoms with Crippen LogP contribution in [0.1, 0.15) is 187 Å². The highest BCUT2D eigenvalue weighted by Gasteiger charge is 2.50. The molecule has 0 saturated carbocycles. The van der Waals surface area contributed by atoms with Crippen molar-refractivity contribution in [2.24, 2.45) is 0 Å². The van der Waals surface area contributed by atoms with Crippen molar-refractivity contribution >= 4 is 63.3 Å². The number of anilines is 8. The molecule has 9 aromatic rings. The van der Waals surface area contributed by atoms with Gasteiger partial charge in [0.05, 0.1) is 0 Å². The zero-order chi connectivity index (χ0) is 60.6. The van der Waals surface area contributed by atoms with Crippen LogP contribution in [0.2, 0.25) is 0 Å². The van der Waals surface area contributed by atoms with Gasteiger partial charge in [0.25, 0.3) is 0 Å². The molecule has 0 radical (unpaired) electrons. The summed E-state index contributed by atoms with van der Waals surface area (Å²) < 4.78 is 0. The summed E-state index contributed by atoms with van der Waals surface area (Å²) in [5.41, 5.74) is 32.5. The molecule has 0 atom stereocenters. The molecule has 4 heteroatoms. The molecule has 0 fully saturated rings. The first-order valence-corrected chi connectivity index (χ1v) is 32.1. The van der Waals surface area contributed by atoms with Gasteiger partial charge in [-0.05, 0) is 209 Å². The van der Waals surface area contributed by atoms with Crippen LogP contribution >= 0.6 is 0 Å². The Morgan fingerprint density at radius 2 is 0.953 bits per heavy atom. The summed E-state index contributed by atoms with van der Waals surface area (Å²) in [5, 5.41) is 0. The molecule has 9 aromatic carbocycles. The highest BCUT2D eigenvalue weighted by molar-refractivity contribution is 6.94. The minimum absolute atomic E-state index is 0.000539. The standard InChI is InChI=1S/C82H88BN3/c1-51-45-66-68(81(14,15)44-43-79(66,10)11)50-71(51)85-70-40-27-53(52-23-19-18-20-24-52)46-69(70)83-74-62(47-59(49-72(74)85)84(56-32-28-54(29-33-56)76(2,3)4)57-34-30-55(31-35-57)77(5,6)7)60-37-39-65-73(61-25-21-22-26-63(61)82(65,16)17)75(60)86(83)58-36-38-64-67(48-58)80(12,13)42-41-78(64,8)9/h18-40,45-50H,41-44H2,1-17H3. The quantitative estimate of drug-likeness (QED) is 0.154. The maximum absolute atomic E-state index is 2.85. The van der Waals surface area contributed by atoms with E-state index in [1.807, 2.05) is 0 Å². The zero-order valence-corrected chi connectivity index (χ0v) is 54.5. The van der Waals surface area contributed by atoms with E-state index in [4.69, 9.17) is 0 Å². The predicted octanol–water partition coefficient (Wildman–Crippen LogP) is 21.4. The fraction of sp³-hybridized carbons (Fsp3) is 0.341. The Labute approximate surface area is 515 Å². The first-order valence-electron chi connectivity index (χ1n) is 32.1. The molecule has 3 aliphatic carbocycles. The van der Waals surface area contributed by atoms with Gasteiger partial charge in [-0.3, -0.25) is 0 Å². The molecule has 0 bridgehead atoms. The van der Waals surface area contributed by atoms with Gasteiger partial charge in [-0.2, -0.15) is 0 Å². The van der Waals surface area contributed by atoms with E-state index in [-0.39, 0.29) is 44.8 Å². The predicted molar refractivity (Wildman–Crippen MR) is 371 cm³/mol. The molecular weight excluding hydrogens is 1040 g/mol. The normalized spacial score (nSPS) is 17.8. The SMILES string of the molecule is Cc1cc2c(cc1N1c3ccc(-c4ccccc4)cc3B3c4c(cc(N(c5ccc(C(C)(C)C)cc5)c5ccc(C(C)(C)C)cc5)cc41)-c1ccc4c(c1N3c1ccc3c(c1)C(C)(C)CCC3(C)C)-c1ccccc1C4(C)C)C(C)(C)CCC2(C)C. The van der Waals surface area contributed by atoms with Crippen molar-refractivity contribution in [3.05, 3.63) is 226 Å². The third-order valence-corrected chi connectivity index (χ3v) is 21.6. The Kier molecular flexibility index (Phi) is 12.4. The molecule has 2 aliphatic heterocycles. The average Bonchev–Trinajstić information content (AvgIpc) is 1.10. The summed E-state index contributed by atoms with van der Waals surface area (Å²) in [6.07, 6.45) is 4.62. The van der Waals surface area contributed by atoms with Crippen molar-refractivity contribution in [1.82, 2.24) is 0 Å². The molecule has 0 aromatic heterocycles. The van der Waals surface area contributed by atoms with Crippen LogP contribution in [0.5, 0.6) is 0 Å². The number of hydrogen-bond acceptors (Lipinski definition) is 3. The Morgan fingerprint density at radius 3 is 1.56 bits per heavy atom. The second-order valence-corrected chi connectivity index (χ2v) is 31.6.